The van der Waals surface area contributed by atoms with Crippen molar-refractivity contribution in [1.29, 1.82) is 0 Å². The van der Waals surface area contributed by atoms with Gasteiger partial charge < -0.3 is 20.1 Å². The van der Waals surface area contributed by atoms with Crippen LogP contribution in [0.15, 0.2) is 64.5 Å². The van der Waals surface area contributed by atoms with Gasteiger partial charge in [-0.05, 0) is 81.6 Å². The number of unbranched alkanes of at least 4 members (excludes halogenated alkanes) is 1. The summed E-state index contributed by atoms with van der Waals surface area (Å²) >= 11 is 3.43. The SMILES string of the molecule is O=C1/C(=C(\CCCCOc2ccc(Br)cc2)NC2CCNCC2)Oc2ccccc21. The molecular formula is C24H27BrN2O3. The number of para-hydroxylation sites is 1. The maximum atomic E-state index is 12.9. The van der Waals surface area contributed by atoms with Crippen LogP contribution in [0.4, 0.5) is 0 Å². The van der Waals surface area contributed by atoms with Crippen molar-refractivity contribution in [1.82, 2.24) is 10.6 Å². The smallest absolute Gasteiger partial charge is 0.233 e. The van der Waals surface area contributed by atoms with E-state index < -0.39 is 0 Å². The van der Waals surface area contributed by atoms with E-state index in [-0.39, 0.29) is 5.78 Å². The third-order valence-corrected chi connectivity index (χ3v) is 5.97. The summed E-state index contributed by atoms with van der Waals surface area (Å²) in [5, 5.41) is 7.01. The molecule has 30 heavy (non-hydrogen) atoms. The van der Waals surface area contributed by atoms with Crippen molar-refractivity contribution in [3.8, 4) is 11.5 Å². The van der Waals surface area contributed by atoms with Gasteiger partial charge in [0.15, 0.2) is 5.76 Å². The fraction of sp³-hybridized carbons (Fsp3) is 0.375. The molecule has 0 aromatic heterocycles. The van der Waals surface area contributed by atoms with Gasteiger partial charge in [-0.25, -0.2) is 0 Å². The highest BCUT2D eigenvalue weighted by atomic mass is 79.9. The predicted molar refractivity (Wildman–Crippen MR) is 121 cm³/mol. The summed E-state index contributed by atoms with van der Waals surface area (Å²) in [6.07, 6.45) is 4.68. The zero-order valence-electron chi connectivity index (χ0n) is 17.0. The fourth-order valence-corrected chi connectivity index (χ4v) is 4.07. The Morgan fingerprint density at radius 3 is 2.63 bits per heavy atom. The number of fused-ring (bicyclic) bond motifs is 1. The topological polar surface area (TPSA) is 59.6 Å². The molecule has 0 radical (unpaired) electrons. The molecule has 2 heterocycles. The lowest BCUT2D eigenvalue weighted by Crippen LogP contribution is -2.40. The van der Waals surface area contributed by atoms with Gasteiger partial charge in [0.1, 0.15) is 11.5 Å². The third kappa shape index (κ3) is 5.24. The molecule has 0 saturated carbocycles. The summed E-state index contributed by atoms with van der Waals surface area (Å²) in [6, 6.07) is 15.7. The van der Waals surface area contributed by atoms with Gasteiger partial charge in [0.05, 0.1) is 17.9 Å². The molecule has 1 saturated heterocycles. The van der Waals surface area contributed by atoms with E-state index >= 15 is 0 Å². The Kier molecular flexibility index (Phi) is 7.07. The van der Waals surface area contributed by atoms with Gasteiger partial charge in [0, 0.05) is 10.5 Å². The third-order valence-electron chi connectivity index (χ3n) is 5.45. The Labute approximate surface area is 186 Å². The van der Waals surface area contributed by atoms with Crippen LogP contribution in [0.25, 0.3) is 0 Å². The monoisotopic (exact) mass is 470 g/mol. The van der Waals surface area contributed by atoms with Gasteiger partial charge in [-0.3, -0.25) is 4.79 Å². The minimum Gasteiger partial charge on any atom is -0.494 e. The van der Waals surface area contributed by atoms with E-state index in [9.17, 15) is 4.79 Å². The average Bonchev–Trinajstić information content (AvgIpc) is 3.11. The largest absolute Gasteiger partial charge is 0.494 e. The highest BCUT2D eigenvalue weighted by molar-refractivity contribution is 9.10. The summed E-state index contributed by atoms with van der Waals surface area (Å²) in [5.41, 5.74) is 1.57. The first-order valence-electron chi connectivity index (χ1n) is 10.6. The van der Waals surface area contributed by atoms with Crippen molar-refractivity contribution >= 4 is 21.7 Å². The number of nitrogens with one attached hydrogen (secondary N) is 2. The maximum Gasteiger partial charge on any atom is 0.233 e. The molecule has 1 fully saturated rings. The molecule has 0 atom stereocenters. The quantitative estimate of drug-likeness (QED) is 0.427. The highest BCUT2D eigenvalue weighted by Gasteiger charge is 2.30. The normalized spacial score (nSPS) is 18.0. The first kappa shape index (κ1) is 20.9. The molecule has 6 heteroatoms. The number of rotatable bonds is 8. The van der Waals surface area contributed by atoms with Crippen molar-refractivity contribution in [2.24, 2.45) is 0 Å². The van der Waals surface area contributed by atoms with Crippen LogP contribution in [0.3, 0.4) is 0 Å². The van der Waals surface area contributed by atoms with Gasteiger partial charge in [-0.1, -0.05) is 28.1 Å². The minimum atomic E-state index is -0.0202. The van der Waals surface area contributed by atoms with E-state index in [2.05, 4.69) is 26.6 Å². The first-order chi connectivity index (χ1) is 14.7. The van der Waals surface area contributed by atoms with Crippen LogP contribution in [0.5, 0.6) is 11.5 Å². The number of allylic oxidation sites excluding steroid dienone is 2. The van der Waals surface area contributed by atoms with Crippen LogP contribution >= 0.6 is 15.9 Å². The first-order valence-corrected chi connectivity index (χ1v) is 11.4. The number of piperidine rings is 1. The summed E-state index contributed by atoms with van der Waals surface area (Å²) in [5.74, 6) is 1.96. The Bertz CT molecular complexity index is 905. The maximum absolute atomic E-state index is 12.9. The van der Waals surface area contributed by atoms with E-state index in [1.54, 1.807) is 0 Å². The molecule has 0 bridgehead atoms. The van der Waals surface area contributed by atoms with E-state index in [4.69, 9.17) is 9.47 Å². The summed E-state index contributed by atoms with van der Waals surface area (Å²) in [6.45, 7) is 2.64. The Morgan fingerprint density at radius 2 is 1.87 bits per heavy atom. The number of ketones is 1. The number of halogens is 1. The minimum absolute atomic E-state index is 0.0202. The summed E-state index contributed by atoms with van der Waals surface area (Å²) < 4.78 is 12.8. The van der Waals surface area contributed by atoms with Crippen molar-refractivity contribution in [3.05, 3.63) is 70.0 Å². The molecule has 2 aliphatic rings. The van der Waals surface area contributed by atoms with Crippen molar-refractivity contribution in [3.63, 3.8) is 0 Å². The number of hydrogen-bond acceptors (Lipinski definition) is 5. The van der Waals surface area contributed by atoms with Crippen LogP contribution in [0, 0.1) is 0 Å². The molecule has 4 rings (SSSR count). The molecule has 0 amide bonds. The standard InChI is InChI=1S/C24H27BrN2O3/c25-17-8-10-19(11-9-17)29-16-4-3-6-21(27-18-12-14-26-15-13-18)24-23(28)20-5-1-2-7-22(20)30-24/h1-2,5,7-11,18,26-27H,3-4,6,12-16H2/b24-21-. The second-order valence-corrected chi connectivity index (χ2v) is 8.58. The Hall–Kier alpha value is -2.31. The molecule has 0 unspecified atom stereocenters. The second-order valence-electron chi connectivity index (χ2n) is 7.66. The van der Waals surface area contributed by atoms with Gasteiger partial charge >= 0.3 is 0 Å². The molecule has 2 aliphatic heterocycles. The zero-order chi connectivity index (χ0) is 20.8. The molecule has 2 aromatic carbocycles. The van der Waals surface area contributed by atoms with Crippen LogP contribution in [0.1, 0.15) is 42.5 Å². The molecule has 0 spiro atoms. The zero-order valence-corrected chi connectivity index (χ0v) is 18.5. The molecule has 0 aliphatic carbocycles. The average molecular weight is 471 g/mol. The highest BCUT2D eigenvalue weighted by Crippen LogP contribution is 2.32. The Morgan fingerprint density at radius 1 is 1.10 bits per heavy atom. The molecule has 2 N–H and O–H groups in total. The summed E-state index contributed by atoms with van der Waals surface area (Å²) in [4.78, 5) is 12.9. The van der Waals surface area contributed by atoms with Crippen molar-refractivity contribution < 1.29 is 14.3 Å². The lowest BCUT2D eigenvalue weighted by Gasteiger charge is -2.26. The van der Waals surface area contributed by atoms with Gasteiger partial charge in [0.25, 0.3) is 0 Å². The lowest BCUT2D eigenvalue weighted by molar-refractivity contribution is 0.101. The number of carbonyl (C=O) groups excluding carboxylic acids is 1. The molecule has 2 aromatic rings. The van der Waals surface area contributed by atoms with Crippen molar-refractivity contribution in [2.75, 3.05) is 19.7 Å². The lowest BCUT2D eigenvalue weighted by atomic mass is 10.0. The number of benzene rings is 2. The van der Waals surface area contributed by atoms with Crippen LogP contribution in [-0.2, 0) is 0 Å². The molecular weight excluding hydrogens is 444 g/mol. The number of Topliss-reactive ketones (excluding diaryl/α,β-unsaturated/α-hetero) is 1. The van der Waals surface area contributed by atoms with E-state index in [1.807, 2.05) is 48.5 Å². The van der Waals surface area contributed by atoms with Crippen LogP contribution in [-0.4, -0.2) is 31.5 Å². The second kappa shape index (κ2) is 10.1. The molecule has 5 nitrogen and oxygen atoms in total. The van der Waals surface area contributed by atoms with Crippen LogP contribution in [0.2, 0.25) is 0 Å². The van der Waals surface area contributed by atoms with E-state index in [0.29, 0.717) is 29.7 Å². The predicted octanol–water partition coefficient (Wildman–Crippen LogP) is 4.83. The Balaban J connectivity index is 1.38. The van der Waals surface area contributed by atoms with E-state index in [1.165, 1.54) is 0 Å². The van der Waals surface area contributed by atoms with Gasteiger partial charge in [0.2, 0.25) is 5.78 Å². The van der Waals surface area contributed by atoms with Gasteiger partial charge in [-0.2, -0.15) is 0 Å². The van der Waals surface area contributed by atoms with Crippen molar-refractivity contribution in [2.45, 2.75) is 38.1 Å². The van der Waals surface area contributed by atoms with E-state index in [0.717, 1.165) is 61.1 Å². The van der Waals surface area contributed by atoms with Crippen LogP contribution < -0.4 is 20.1 Å². The fourth-order valence-electron chi connectivity index (χ4n) is 3.81. The number of hydrogen-bond donors (Lipinski definition) is 2. The summed E-state index contributed by atoms with van der Waals surface area (Å²) in [7, 11) is 0. The van der Waals surface area contributed by atoms with Gasteiger partial charge in [-0.15, -0.1) is 0 Å². The number of ether oxygens (including phenoxy) is 2. The number of carbonyl (C=O) groups is 1. The molecule has 158 valence electrons.